The van der Waals surface area contributed by atoms with E-state index in [1.54, 1.807) is 6.92 Å². The molecule has 2 aliphatic rings. The second-order valence-electron chi connectivity index (χ2n) is 5.82. The van der Waals surface area contributed by atoms with Gasteiger partial charge in [-0.25, -0.2) is 9.97 Å². The van der Waals surface area contributed by atoms with Crippen LogP contribution in [0.15, 0.2) is 0 Å². The molecule has 0 atom stereocenters. The fourth-order valence-electron chi connectivity index (χ4n) is 3.17. The Hall–Kier alpha value is -1.69. The lowest BCUT2D eigenvalue weighted by atomic mass is 9.96. The molecule has 2 N–H and O–H groups in total. The number of aromatic nitrogens is 2. The Morgan fingerprint density at radius 2 is 2.10 bits per heavy atom. The van der Waals surface area contributed by atoms with Crippen LogP contribution >= 0.6 is 0 Å². The average Bonchev–Trinajstić information content (AvgIpc) is 2.54. The van der Waals surface area contributed by atoms with E-state index in [0.717, 1.165) is 61.8 Å². The Balaban J connectivity index is 1.91. The quantitative estimate of drug-likeness (QED) is 0.846. The van der Waals surface area contributed by atoms with Crippen LogP contribution in [-0.2, 0) is 17.8 Å². The first-order chi connectivity index (χ1) is 10.2. The molecular weight excluding hydrogens is 266 g/mol. The molecule has 6 heteroatoms. The maximum atomic E-state index is 11.6. The molecule has 3 rings (SSSR count). The van der Waals surface area contributed by atoms with Gasteiger partial charge in [0.25, 0.3) is 0 Å². The van der Waals surface area contributed by atoms with Crippen molar-refractivity contribution in [2.75, 3.05) is 32.0 Å². The summed E-state index contributed by atoms with van der Waals surface area (Å²) in [4.78, 5) is 23.0. The Labute approximate surface area is 125 Å². The van der Waals surface area contributed by atoms with E-state index < -0.39 is 0 Å². The van der Waals surface area contributed by atoms with Crippen molar-refractivity contribution >= 4 is 11.7 Å². The molecule has 0 unspecified atom stereocenters. The molecule has 114 valence electrons. The van der Waals surface area contributed by atoms with Gasteiger partial charge in [0.15, 0.2) is 0 Å². The number of hydrogen-bond acceptors (Lipinski definition) is 5. The van der Waals surface area contributed by atoms with E-state index in [1.165, 1.54) is 0 Å². The predicted octanol–water partition coefficient (Wildman–Crippen LogP) is 0.890. The summed E-state index contributed by atoms with van der Waals surface area (Å²) >= 11 is 0. The first-order valence-electron chi connectivity index (χ1n) is 7.72. The molecule has 0 saturated carbocycles. The van der Waals surface area contributed by atoms with Crippen molar-refractivity contribution in [3.05, 3.63) is 17.1 Å². The van der Waals surface area contributed by atoms with Gasteiger partial charge in [0.05, 0.1) is 12.2 Å². The van der Waals surface area contributed by atoms with Crippen LogP contribution in [0.5, 0.6) is 0 Å². The summed E-state index contributed by atoms with van der Waals surface area (Å²) in [6.07, 6.45) is 3.02. The minimum absolute atomic E-state index is 0.116. The first-order valence-corrected chi connectivity index (χ1v) is 7.72. The lowest BCUT2D eigenvalue weighted by Crippen LogP contribution is -2.36. The number of piperidine rings is 1. The van der Waals surface area contributed by atoms with E-state index in [9.17, 15) is 4.79 Å². The average molecular weight is 289 g/mol. The van der Waals surface area contributed by atoms with Crippen molar-refractivity contribution < 1.29 is 4.79 Å². The zero-order chi connectivity index (χ0) is 14.8. The minimum atomic E-state index is 0.116. The Bertz CT molecular complexity index is 522. The summed E-state index contributed by atoms with van der Waals surface area (Å²) in [6.45, 7) is 5.08. The number of carbonyl (C=O) groups excluding carboxylic acids is 1. The predicted molar refractivity (Wildman–Crippen MR) is 81.2 cm³/mol. The highest BCUT2D eigenvalue weighted by atomic mass is 16.2. The molecule has 3 heterocycles. The van der Waals surface area contributed by atoms with Gasteiger partial charge in [-0.2, -0.15) is 0 Å². The van der Waals surface area contributed by atoms with Crippen molar-refractivity contribution in [3.63, 3.8) is 0 Å². The Morgan fingerprint density at radius 1 is 1.33 bits per heavy atom. The van der Waals surface area contributed by atoms with Gasteiger partial charge in [-0.3, -0.25) is 4.79 Å². The lowest BCUT2D eigenvalue weighted by Gasteiger charge is -2.30. The van der Waals surface area contributed by atoms with Gasteiger partial charge in [0.2, 0.25) is 5.91 Å². The van der Waals surface area contributed by atoms with E-state index in [4.69, 9.17) is 9.97 Å². The highest BCUT2D eigenvalue weighted by Gasteiger charge is 2.26. The van der Waals surface area contributed by atoms with Crippen LogP contribution in [0.3, 0.4) is 0 Å². The summed E-state index contributed by atoms with van der Waals surface area (Å²) in [5.74, 6) is 2.43. The molecule has 1 saturated heterocycles. The number of nitrogens with one attached hydrogen (secondary N) is 2. The zero-order valence-corrected chi connectivity index (χ0v) is 12.8. The van der Waals surface area contributed by atoms with E-state index >= 15 is 0 Å². The molecule has 1 fully saturated rings. The molecule has 6 nitrogen and oxygen atoms in total. The van der Waals surface area contributed by atoms with Crippen LogP contribution in [0.2, 0.25) is 0 Å². The lowest BCUT2D eigenvalue weighted by molar-refractivity contribution is -0.129. The van der Waals surface area contributed by atoms with Crippen LogP contribution in [0, 0.1) is 0 Å². The number of amides is 1. The van der Waals surface area contributed by atoms with Crippen LogP contribution < -0.4 is 10.6 Å². The second-order valence-corrected chi connectivity index (χ2v) is 5.82. The summed E-state index contributed by atoms with van der Waals surface area (Å²) in [6, 6.07) is 0. The topological polar surface area (TPSA) is 70.2 Å². The van der Waals surface area contributed by atoms with E-state index in [0.29, 0.717) is 12.5 Å². The van der Waals surface area contributed by atoms with Gasteiger partial charge < -0.3 is 15.5 Å². The summed E-state index contributed by atoms with van der Waals surface area (Å²) < 4.78 is 0. The monoisotopic (exact) mass is 289 g/mol. The van der Waals surface area contributed by atoms with Gasteiger partial charge in [-0.15, -0.1) is 0 Å². The largest absolute Gasteiger partial charge is 0.373 e. The zero-order valence-electron chi connectivity index (χ0n) is 12.8. The third kappa shape index (κ3) is 2.85. The van der Waals surface area contributed by atoms with E-state index in [1.807, 2.05) is 11.9 Å². The first kappa shape index (κ1) is 14.3. The third-order valence-corrected chi connectivity index (χ3v) is 4.46. The molecule has 0 bridgehead atoms. The van der Waals surface area contributed by atoms with Crippen LogP contribution in [-0.4, -0.2) is 47.5 Å². The number of rotatable bonds is 2. The number of nitrogens with zero attached hydrogens (tertiary/aromatic N) is 3. The van der Waals surface area contributed by atoms with Crippen LogP contribution in [0.1, 0.15) is 42.8 Å². The van der Waals surface area contributed by atoms with Crippen molar-refractivity contribution in [2.24, 2.45) is 0 Å². The van der Waals surface area contributed by atoms with Crippen molar-refractivity contribution in [1.82, 2.24) is 20.2 Å². The number of hydrogen-bond donors (Lipinski definition) is 2. The Kier molecular flexibility index (Phi) is 4.05. The summed E-state index contributed by atoms with van der Waals surface area (Å²) in [7, 11) is 1.89. The molecule has 0 spiro atoms. The SMILES string of the molecule is CNc1nc(C2CCNCC2)nc2c1CN(C(C)=O)CC2. The molecule has 1 aromatic rings. The maximum Gasteiger partial charge on any atom is 0.219 e. The fourth-order valence-corrected chi connectivity index (χ4v) is 3.17. The van der Waals surface area contributed by atoms with Crippen LogP contribution in [0.25, 0.3) is 0 Å². The molecule has 0 aromatic carbocycles. The van der Waals surface area contributed by atoms with Crippen molar-refractivity contribution in [2.45, 2.75) is 38.6 Å². The van der Waals surface area contributed by atoms with Gasteiger partial charge in [-0.05, 0) is 25.9 Å². The number of anilines is 1. The van der Waals surface area contributed by atoms with Crippen molar-refractivity contribution in [1.29, 1.82) is 0 Å². The van der Waals surface area contributed by atoms with Gasteiger partial charge >= 0.3 is 0 Å². The summed E-state index contributed by atoms with van der Waals surface area (Å²) in [5, 5.41) is 6.57. The standard InChI is InChI=1S/C15H23N5O/c1-10(21)20-8-5-13-12(9-20)15(16-2)19-14(18-13)11-3-6-17-7-4-11/h11,17H,3-9H2,1-2H3,(H,16,18,19). The molecule has 2 aliphatic heterocycles. The highest BCUT2D eigenvalue weighted by molar-refractivity contribution is 5.74. The van der Waals surface area contributed by atoms with Gasteiger partial charge in [0, 0.05) is 38.4 Å². The van der Waals surface area contributed by atoms with E-state index in [2.05, 4.69) is 10.6 Å². The third-order valence-electron chi connectivity index (χ3n) is 4.46. The highest BCUT2D eigenvalue weighted by Crippen LogP contribution is 2.28. The van der Waals surface area contributed by atoms with Gasteiger partial charge in [-0.1, -0.05) is 0 Å². The van der Waals surface area contributed by atoms with E-state index in [-0.39, 0.29) is 5.91 Å². The van der Waals surface area contributed by atoms with Crippen molar-refractivity contribution in [3.8, 4) is 0 Å². The fraction of sp³-hybridized carbons (Fsp3) is 0.667. The summed E-state index contributed by atoms with van der Waals surface area (Å²) in [5.41, 5.74) is 2.19. The molecule has 0 radical (unpaired) electrons. The van der Waals surface area contributed by atoms with Crippen LogP contribution in [0.4, 0.5) is 5.82 Å². The number of fused-ring (bicyclic) bond motifs is 1. The maximum absolute atomic E-state index is 11.6. The second kappa shape index (κ2) is 5.97. The number of carbonyl (C=O) groups is 1. The van der Waals surface area contributed by atoms with Gasteiger partial charge in [0.1, 0.15) is 11.6 Å². The molecule has 1 aromatic heterocycles. The smallest absolute Gasteiger partial charge is 0.219 e. The Morgan fingerprint density at radius 3 is 2.76 bits per heavy atom. The molecule has 0 aliphatic carbocycles. The molecule has 21 heavy (non-hydrogen) atoms. The normalized spacial score (nSPS) is 19.2. The molecular formula is C15H23N5O. The molecule has 1 amide bonds. The minimum Gasteiger partial charge on any atom is -0.373 e.